The Morgan fingerprint density at radius 3 is 2.38 bits per heavy atom. The molecule has 1 aromatic heterocycles. The Kier molecular flexibility index (Phi) is 5.36. The normalized spacial score (nSPS) is 10.6. The van der Waals surface area contributed by atoms with Gasteiger partial charge >= 0.3 is 0 Å². The Morgan fingerprint density at radius 1 is 0.917 bits per heavy atom. The molecule has 0 amide bonds. The van der Waals surface area contributed by atoms with Crippen LogP contribution in [0.3, 0.4) is 0 Å². The van der Waals surface area contributed by atoms with Crippen molar-refractivity contribution in [3.63, 3.8) is 0 Å². The fourth-order valence-corrected chi connectivity index (χ4v) is 2.37. The van der Waals surface area contributed by atoms with Crippen molar-refractivity contribution >= 4 is 17.4 Å². The molecule has 0 fully saturated rings. The first-order valence-electron chi connectivity index (χ1n) is 7.69. The average molecular weight is 341 g/mol. The highest BCUT2D eigenvalue weighted by molar-refractivity contribution is 6.30. The fourth-order valence-electron chi connectivity index (χ4n) is 2.25. The topological polar surface area (TPSA) is 70.9 Å². The summed E-state index contributed by atoms with van der Waals surface area (Å²) in [4.78, 5) is 4.61. The van der Waals surface area contributed by atoms with E-state index in [1.165, 1.54) is 0 Å². The first kappa shape index (κ1) is 16.4. The van der Waals surface area contributed by atoms with Crippen LogP contribution >= 0.6 is 11.6 Å². The summed E-state index contributed by atoms with van der Waals surface area (Å²) in [5.41, 5.74) is 2.44. The minimum Gasteiger partial charge on any atom is -0.396 e. The number of aromatic nitrogens is 3. The summed E-state index contributed by atoms with van der Waals surface area (Å²) in [7, 11) is 0. The van der Waals surface area contributed by atoms with E-state index in [-0.39, 0.29) is 6.61 Å². The average Bonchev–Trinajstić information content (AvgIpc) is 2.63. The molecule has 5 nitrogen and oxygen atoms in total. The third-order valence-electron chi connectivity index (χ3n) is 3.46. The molecular formula is C18H17ClN4O. The van der Waals surface area contributed by atoms with Crippen LogP contribution in [0.25, 0.3) is 22.6 Å². The van der Waals surface area contributed by atoms with E-state index in [4.69, 9.17) is 16.7 Å². The molecule has 0 aliphatic rings. The van der Waals surface area contributed by atoms with Gasteiger partial charge in [0, 0.05) is 29.3 Å². The van der Waals surface area contributed by atoms with Gasteiger partial charge < -0.3 is 10.4 Å². The van der Waals surface area contributed by atoms with Gasteiger partial charge in [0.25, 0.3) is 0 Å². The van der Waals surface area contributed by atoms with Crippen molar-refractivity contribution in [1.29, 1.82) is 0 Å². The van der Waals surface area contributed by atoms with Gasteiger partial charge in [-0.2, -0.15) is 0 Å². The van der Waals surface area contributed by atoms with Crippen molar-refractivity contribution in [1.82, 2.24) is 15.2 Å². The molecule has 122 valence electrons. The number of aliphatic hydroxyl groups is 1. The Balaban J connectivity index is 1.99. The lowest BCUT2D eigenvalue weighted by atomic mass is 10.1. The van der Waals surface area contributed by atoms with E-state index in [0.29, 0.717) is 35.3 Å². The van der Waals surface area contributed by atoms with Crippen LogP contribution in [0.1, 0.15) is 6.42 Å². The number of benzene rings is 2. The van der Waals surface area contributed by atoms with Gasteiger partial charge in [-0.15, -0.1) is 10.2 Å². The van der Waals surface area contributed by atoms with Crippen LogP contribution in [0.2, 0.25) is 5.02 Å². The molecule has 3 rings (SSSR count). The summed E-state index contributed by atoms with van der Waals surface area (Å²) in [6, 6.07) is 17.1. The lowest BCUT2D eigenvalue weighted by molar-refractivity contribution is 0.292. The van der Waals surface area contributed by atoms with E-state index in [2.05, 4.69) is 20.5 Å². The van der Waals surface area contributed by atoms with Crippen molar-refractivity contribution < 1.29 is 5.11 Å². The molecule has 0 bridgehead atoms. The number of hydrogen-bond acceptors (Lipinski definition) is 5. The van der Waals surface area contributed by atoms with E-state index < -0.39 is 0 Å². The van der Waals surface area contributed by atoms with Gasteiger partial charge in [0.1, 0.15) is 5.69 Å². The third-order valence-corrected chi connectivity index (χ3v) is 3.72. The zero-order valence-electron chi connectivity index (χ0n) is 13.0. The van der Waals surface area contributed by atoms with E-state index in [1.54, 1.807) is 12.1 Å². The molecule has 2 N–H and O–H groups in total. The van der Waals surface area contributed by atoms with Gasteiger partial charge in [0.15, 0.2) is 11.6 Å². The number of nitrogens with one attached hydrogen (secondary N) is 1. The summed E-state index contributed by atoms with van der Waals surface area (Å²) in [5, 5.41) is 21.5. The van der Waals surface area contributed by atoms with E-state index in [1.807, 2.05) is 42.5 Å². The first-order chi connectivity index (χ1) is 11.8. The second kappa shape index (κ2) is 7.86. The van der Waals surface area contributed by atoms with Crippen LogP contribution in [0.5, 0.6) is 0 Å². The minimum absolute atomic E-state index is 0.118. The number of aliphatic hydroxyl groups excluding tert-OH is 1. The van der Waals surface area contributed by atoms with Crippen LogP contribution < -0.4 is 5.32 Å². The summed E-state index contributed by atoms with van der Waals surface area (Å²) in [6.45, 7) is 0.720. The molecule has 0 saturated heterocycles. The molecule has 0 aliphatic carbocycles. The lowest BCUT2D eigenvalue weighted by Gasteiger charge is -2.11. The van der Waals surface area contributed by atoms with E-state index in [0.717, 1.165) is 11.1 Å². The lowest BCUT2D eigenvalue weighted by Crippen LogP contribution is -2.09. The van der Waals surface area contributed by atoms with Gasteiger partial charge in [-0.05, 0) is 18.6 Å². The fraction of sp³-hybridized carbons (Fsp3) is 0.167. The number of anilines is 1. The quantitative estimate of drug-likeness (QED) is 0.670. The molecule has 1 heterocycles. The number of halogens is 1. The summed E-state index contributed by atoms with van der Waals surface area (Å²) in [6.07, 6.45) is 0.630. The summed E-state index contributed by atoms with van der Waals surface area (Å²) < 4.78 is 0. The highest BCUT2D eigenvalue weighted by atomic mass is 35.5. The number of hydrogen-bond donors (Lipinski definition) is 2. The zero-order valence-corrected chi connectivity index (χ0v) is 13.7. The van der Waals surface area contributed by atoms with Gasteiger partial charge in [-0.1, -0.05) is 54.1 Å². The van der Waals surface area contributed by atoms with Crippen molar-refractivity contribution in [2.75, 3.05) is 18.5 Å². The molecule has 0 aliphatic heterocycles. The summed E-state index contributed by atoms with van der Waals surface area (Å²) in [5.74, 6) is 1.19. The SMILES string of the molecule is OCCCNc1nc(-c2ccccc2)nnc1-c1ccc(Cl)cc1. The molecular weight excluding hydrogens is 324 g/mol. The van der Waals surface area contributed by atoms with Crippen LogP contribution in [-0.4, -0.2) is 33.4 Å². The maximum atomic E-state index is 8.99. The highest BCUT2D eigenvalue weighted by Gasteiger charge is 2.12. The minimum atomic E-state index is 0.118. The molecule has 0 spiro atoms. The predicted molar refractivity (Wildman–Crippen MR) is 95.9 cm³/mol. The van der Waals surface area contributed by atoms with Crippen molar-refractivity contribution in [3.05, 3.63) is 59.6 Å². The van der Waals surface area contributed by atoms with E-state index >= 15 is 0 Å². The number of nitrogens with zero attached hydrogens (tertiary/aromatic N) is 3. The van der Waals surface area contributed by atoms with Crippen molar-refractivity contribution in [2.24, 2.45) is 0 Å². The second-order valence-electron chi connectivity index (χ2n) is 5.21. The molecule has 6 heteroatoms. The third kappa shape index (κ3) is 3.88. The smallest absolute Gasteiger partial charge is 0.183 e. The van der Waals surface area contributed by atoms with Gasteiger partial charge in [-0.25, -0.2) is 4.98 Å². The second-order valence-corrected chi connectivity index (χ2v) is 5.65. The Morgan fingerprint density at radius 2 is 1.67 bits per heavy atom. The monoisotopic (exact) mass is 340 g/mol. The van der Waals surface area contributed by atoms with Crippen LogP contribution in [-0.2, 0) is 0 Å². The van der Waals surface area contributed by atoms with Crippen LogP contribution in [0, 0.1) is 0 Å². The molecule has 0 radical (unpaired) electrons. The van der Waals surface area contributed by atoms with Crippen molar-refractivity contribution in [3.8, 4) is 22.6 Å². The van der Waals surface area contributed by atoms with Crippen molar-refractivity contribution in [2.45, 2.75) is 6.42 Å². The first-order valence-corrected chi connectivity index (χ1v) is 8.06. The Hall–Kier alpha value is -2.50. The van der Waals surface area contributed by atoms with Crippen LogP contribution in [0.4, 0.5) is 5.82 Å². The molecule has 0 saturated carbocycles. The Bertz CT molecular complexity index is 794. The van der Waals surface area contributed by atoms with Gasteiger partial charge in [0.2, 0.25) is 0 Å². The predicted octanol–water partition coefficient (Wildman–Crippen LogP) is 3.65. The molecule has 3 aromatic rings. The Labute approximate surface area is 145 Å². The van der Waals surface area contributed by atoms with Crippen LogP contribution in [0.15, 0.2) is 54.6 Å². The van der Waals surface area contributed by atoms with Gasteiger partial charge in [-0.3, -0.25) is 0 Å². The molecule has 0 atom stereocenters. The molecule has 24 heavy (non-hydrogen) atoms. The maximum Gasteiger partial charge on any atom is 0.183 e. The van der Waals surface area contributed by atoms with E-state index in [9.17, 15) is 0 Å². The standard InChI is InChI=1S/C18H17ClN4O/c19-15-9-7-13(8-10-15)16-18(20-11-4-12-24)21-17(23-22-16)14-5-2-1-3-6-14/h1-3,5-10,24H,4,11-12H2,(H,20,21,23). The largest absolute Gasteiger partial charge is 0.396 e. The van der Waals surface area contributed by atoms with Gasteiger partial charge in [0.05, 0.1) is 0 Å². The molecule has 2 aromatic carbocycles. The number of rotatable bonds is 6. The zero-order chi connectivity index (χ0) is 16.8. The molecule has 0 unspecified atom stereocenters. The highest BCUT2D eigenvalue weighted by Crippen LogP contribution is 2.27. The summed E-state index contributed by atoms with van der Waals surface area (Å²) >= 11 is 5.95. The maximum absolute atomic E-state index is 8.99.